The van der Waals surface area contributed by atoms with Gasteiger partial charge in [-0.15, -0.1) is 0 Å². The molecule has 0 aliphatic carbocycles. The van der Waals surface area contributed by atoms with E-state index < -0.39 is 0 Å². The molecule has 1 fully saturated rings. The highest BCUT2D eigenvalue weighted by atomic mass is 16.5. The average Bonchev–Trinajstić information content (AvgIpc) is 2.88. The minimum atomic E-state index is -0.169. The predicted molar refractivity (Wildman–Crippen MR) is 76.7 cm³/mol. The van der Waals surface area contributed by atoms with Gasteiger partial charge in [0.25, 0.3) is 5.91 Å². The molecule has 0 bridgehead atoms. The lowest BCUT2D eigenvalue weighted by atomic mass is 10.00. The highest BCUT2D eigenvalue weighted by molar-refractivity contribution is 5.91. The van der Waals surface area contributed by atoms with Crippen LogP contribution in [0, 0.1) is 0 Å². The van der Waals surface area contributed by atoms with Crippen LogP contribution in [0.1, 0.15) is 38.2 Å². The molecule has 5 nitrogen and oxygen atoms in total. The maximum absolute atomic E-state index is 11.9. The normalized spacial score (nSPS) is 24.6. The van der Waals surface area contributed by atoms with Gasteiger partial charge in [0.2, 0.25) is 0 Å². The van der Waals surface area contributed by atoms with Gasteiger partial charge in [-0.25, -0.2) is 0 Å². The van der Waals surface area contributed by atoms with Crippen molar-refractivity contribution in [1.82, 2.24) is 10.2 Å². The number of furan rings is 1. The van der Waals surface area contributed by atoms with Crippen LogP contribution in [0.3, 0.4) is 0 Å². The number of hydrogen-bond acceptors (Lipinski definition) is 4. The molecule has 2 atom stereocenters. The van der Waals surface area contributed by atoms with Gasteiger partial charge >= 0.3 is 0 Å². The molecule has 5 heteroatoms. The first-order chi connectivity index (χ1) is 9.38. The third-order valence-corrected chi connectivity index (χ3v) is 3.70. The Morgan fingerprint density at radius 1 is 1.40 bits per heavy atom. The summed E-state index contributed by atoms with van der Waals surface area (Å²) in [5.74, 6) is 0.182. The average molecular weight is 280 g/mol. The molecule has 0 unspecified atom stereocenters. The van der Waals surface area contributed by atoms with Crippen molar-refractivity contribution < 1.29 is 13.9 Å². The van der Waals surface area contributed by atoms with E-state index in [0.29, 0.717) is 12.3 Å². The zero-order chi connectivity index (χ0) is 14.8. The van der Waals surface area contributed by atoms with E-state index in [2.05, 4.69) is 37.9 Å². The van der Waals surface area contributed by atoms with E-state index in [9.17, 15) is 4.79 Å². The van der Waals surface area contributed by atoms with E-state index in [1.54, 1.807) is 12.1 Å². The number of carbonyl (C=O) groups is 1. The maximum Gasteiger partial charge on any atom is 0.287 e. The summed E-state index contributed by atoms with van der Waals surface area (Å²) in [7, 11) is 0. The lowest BCUT2D eigenvalue weighted by molar-refractivity contribution is -0.0948. The van der Waals surface area contributed by atoms with Crippen LogP contribution >= 0.6 is 0 Å². The predicted octanol–water partition coefficient (Wildman–Crippen LogP) is 1.90. The first-order valence-electron chi connectivity index (χ1n) is 7.11. The summed E-state index contributed by atoms with van der Waals surface area (Å²) in [6.07, 6.45) is 1.95. The van der Waals surface area contributed by atoms with Crippen LogP contribution in [0.25, 0.3) is 0 Å². The Hall–Kier alpha value is -1.33. The lowest BCUT2D eigenvalue weighted by Gasteiger charge is -2.45. The summed E-state index contributed by atoms with van der Waals surface area (Å²) in [6, 6.07) is 3.38. The van der Waals surface area contributed by atoms with Crippen molar-refractivity contribution in [2.24, 2.45) is 0 Å². The summed E-state index contributed by atoms with van der Waals surface area (Å²) in [5, 5.41) is 2.94. The standard InChI is InChI=1S/C15H24N2O3/c1-11-8-17(9-12(2)20-11)15(3,4)10-16-14(18)13-6-5-7-19-13/h5-7,11-12H,8-10H2,1-4H3,(H,16,18)/t11-,12+. The van der Waals surface area contributed by atoms with Gasteiger partial charge in [0.15, 0.2) is 5.76 Å². The smallest absolute Gasteiger partial charge is 0.287 e. The molecule has 0 radical (unpaired) electrons. The van der Waals surface area contributed by atoms with Crippen molar-refractivity contribution >= 4 is 5.91 Å². The Morgan fingerprint density at radius 2 is 2.05 bits per heavy atom. The molecular weight excluding hydrogens is 256 g/mol. The van der Waals surface area contributed by atoms with Crippen LogP contribution in [0.2, 0.25) is 0 Å². The molecule has 0 aromatic carbocycles. The van der Waals surface area contributed by atoms with Crippen molar-refractivity contribution in [2.45, 2.75) is 45.4 Å². The van der Waals surface area contributed by atoms with E-state index >= 15 is 0 Å². The third-order valence-electron chi connectivity index (χ3n) is 3.70. The molecule has 1 aliphatic rings. The number of morpholine rings is 1. The van der Waals surface area contributed by atoms with E-state index in [4.69, 9.17) is 9.15 Å². The van der Waals surface area contributed by atoms with Gasteiger partial charge < -0.3 is 14.5 Å². The minimum absolute atomic E-state index is 0.117. The molecule has 0 spiro atoms. The molecular formula is C15H24N2O3. The molecule has 1 aromatic heterocycles. The second-order valence-electron chi connectivity index (χ2n) is 6.13. The fourth-order valence-electron chi connectivity index (χ4n) is 2.58. The summed E-state index contributed by atoms with van der Waals surface area (Å²) in [5.41, 5.74) is -0.117. The second-order valence-corrected chi connectivity index (χ2v) is 6.13. The first kappa shape index (κ1) is 15.1. The van der Waals surface area contributed by atoms with Gasteiger partial charge in [-0.3, -0.25) is 9.69 Å². The molecule has 1 N–H and O–H groups in total. The number of nitrogens with one attached hydrogen (secondary N) is 1. The third kappa shape index (κ3) is 3.61. The van der Waals surface area contributed by atoms with Crippen molar-refractivity contribution in [3.05, 3.63) is 24.2 Å². The molecule has 2 heterocycles. The Bertz CT molecular complexity index is 432. The van der Waals surface area contributed by atoms with Crippen LogP contribution in [-0.2, 0) is 4.74 Å². The van der Waals surface area contributed by atoms with Gasteiger partial charge in [-0.2, -0.15) is 0 Å². The molecule has 2 rings (SSSR count). The monoisotopic (exact) mass is 280 g/mol. The number of amides is 1. The number of ether oxygens (including phenoxy) is 1. The van der Waals surface area contributed by atoms with Crippen molar-refractivity contribution in [2.75, 3.05) is 19.6 Å². The lowest BCUT2D eigenvalue weighted by Crippen LogP contribution is -2.58. The fraction of sp³-hybridized carbons (Fsp3) is 0.667. The Morgan fingerprint density at radius 3 is 2.60 bits per heavy atom. The molecule has 1 amide bonds. The number of rotatable bonds is 4. The molecule has 0 saturated carbocycles. The van der Waals surface area contributed by atoms with E-state index in [0.717, 1.165) is 13.1 Å². The maximum atomic E-state index is 11.9. The Kier molecular flexibility index (Phi) is 4.50. The van der Waals surface area contributed by atoms with Crippen molar-refractivity contribution in [1.29, 1.82) is 0 Å². The highest BCUT2D eigenvalue weighted by Gasteiger charge is 2.33. The first-order valence-corrected chi connectivity index (χ1v) is 7.11. The van der Waals surface area contributed by atoms with Gasteiger partial charge in [0.1, 0.15) is 0 Å². The van der Waals surface area contributed by atoms with Crippen molar-refractivity contribution in [3.8, 4) is 0 Å². The number of hydrogen-bond donors (Lipinski definition) is 1. The van der Waals surface area contributed by atoms with Crippen LogP contribution in [0.5, 0.6) is 0 Å². The van der Waals surface area contributed by atoms with Crippen molar-refractivity contribution in [3.63, 3.8) is 0 Å². The molecule has 1 aromatic rings. The molecule has 1 saturated heterocycles. The summed E-state index contributed by atoms with van der Waals surface area (Å²) in [6.45, 7) is 10.8. The number of carbonyl (C=O) groups excluding carboxylic acids is 1. The van der Waals surface area contributed by atoms with E-state index in [-0.39, 0.29) is 23.7 Å². The number of nitrogens with zero attached hydrogens (tertiary/aromatic N) is 1. The van der Waals surface area contributed by atoms with Gasteiger partial charge in [-0.05, 0) is 39.8 Å². The largest absolute Gasteiger partial charge is 0.459 e. The van der Waals surface area contributed by atoms with Gasteiger partial charge in [0, 0.05) is 25.2 Å². The van der Waals surface area contributed by atoms with Crippen LogP contribution in [-0.4, -0.2) is 48.2 Å². The molecule has 112 valence electrons. The van der Waals surface area contributed by atoms with E-state index in [1.165, 1.54) is 6.26 Å². The summed E-state index contributed by atoms with van der Waals surface area (Å²) < 4.78 is 10.8. The Labute approximate surface area is 120 Å². The summed E-state index contributed by atoms with van der Waals surface area (Å²) >= 11 is 0. The summed E-state index contributed by atoms with van der Waals surface area (Å²) in [4.78, 5) is 14.3. The van der Waals surface area contributed by atoms with Gasteiger partial charge in [-0.1, -0.05) is 0 Å². The van der Waals surface area contributed by atoms with Gasteiger partial charge in [0.05, 0.1) is 18.5 Å². The fourth-order valence-corrected chi connectivity index (χ4v) is 2.58. The zero-order valence-electron chi connectivity index (χ0n) is 12.7. The SMILES string of the molecule is C[C@@H]1CN(C(C)(C)CNC(=O)c2ccco2)C[C@H](C)O1. The zero-order valence-corrected chi connectivity index (χ0v) is 12.7. The van der Waals surface area contributed by atoms with E-state index in [1.807, 2.05) is 0 Å². The van der Waals surface area contributed by atoms with Crippen LogP contribution in [0.4, 0.5) is 0 Å². The molecule has 1 aliphatic heterocycles. The molecule has 20 heavy (non-hydrogen) atoms. The highest BCUT2D eigenvalue weighted by Crippen LogP contribution is 2.20. The van der Waals surface area contributed by atoms with Crippen LogP contribution < -0.4 is 5.32 Å². The van der Waals surface area contributed by atoms with Crippen LogP contribution in [0.15, 0.2) is 22.8 Å². The quantitative estimate of drug-likeness (QED) is 0.915. The minimum Gasteiger partial charge on any atom is -0.459 e. The topological polar surface area (TPSA) is 54.7 Å². The Balaban J connectivity index is 1.91. The second kappa shape index (κ2) is 5.97.